The van der Waals surface area contributed by atoms with Gasteiger partial charge in [0, 0.05) is 5.38 Å². The van der Waals surface area contributed by atoms with E-state index >= 15 is 0 Å². The van der Waals surface area contributed by atoms with E-state index in [0.29, 0.717) is 0 Å². The minimum atomic E-state index is 1.09. The van der Waals surface area contributed by atoms with E-state index in [9.17, 15) is 0 Å². The third-order valence-corrected chi connectivity index (χ3v) is 2.70. The summed E-state index contributed by atoms with van der Waals surface area (Å²) in [5, 5.41) is 5.35. The molecule has 1 aliphatic carbocycles. The lowest BCUT2D eigenvalue weighted by atomic mass is 9.99. The van der Waals surface area contributed by atoms with Gasteiger partial charge in [-0.2, -0.15) is 0 Å². The lowest BCUT2D eigenvalue weighted by molar-refractivity contribution is 0.912. The Morgan fingerprint density at radius 2 is 2.50 bits per heavy atom. The van der Waals surface area contributed by atoms with Gasteiger partial charge in [-0.25, -0.2) is 0 Å². The molecule has 1 heteroatoms. The second-order valence-corrected chi connectivity index (χ2v) is 3.73. The van der Waals surface area contributed by atoms with Crippen molar-refractivity contribution in [1.29, 1.82) is 0 Å². The smallest absolute Gasteiger partial charge is 0.0480 e. The molecule has 0 spiro atoms. The Balaban J connectivity index is 2.03. The fourth-order valence-electron chi connectivity index (χ4n) is 1.40. The SMILES string of the molecule is [c]1sccc1CC1=CC=CCC1. The van der Waals surface area contributed by atoms with E-state index in [4.69, 9.17) is 0 Å². The molecule has 0 unspecified atom stereocenters. The molecular weight excluding hydrogens is 164 g/mol. The molecule has 61 valence electrons. The highest BCUT2D eigenvalue weighted by Gasteiger charge is 2.01. The Labute approximate surface area is 77.2 Å². The van der Waals surface area contributed by atoms with Crippen LogP contribution in [0.1, 0.15) is 18.4 Å². The van der Waals surface area contributed by atoms with Crippen molar-refractivity contribution in [3.63, 3.8) is 0 Å². The molecule has 12 heavy (non-hydrogen) atoms. The number of thiophene rings is 1. The van der Waals surface area contributed by atoms with E-state index in [2.05, 4.69) is 35.1 Å². The summed E-state index contributed by atoms with van der Waals surface area (Å²) in [6.45, 7) is 0. The van der Waals surface area contributed by atoms with Crippen LogP contribution in [-0.4, -0.2) is 0 Å². The van der Waals surface area contributed by atoms with Gasteiger partial charge in [-0.15, -0.1) is 11.3 Å². The first-order valence-electron chi connectivity index (χ1n) is 4.24. The molecule has 1 aromatic rings. The normalized spacial score (nSPS) is 16.2. The average Bonchev–Trinajstić information content (AvgIpc) is 2.59. The molecule has 0 atom stereocenters. The lowest BCUT2D eigenvalue weighted by Gasteiger charge is -2.06. The molecule has 0 N–H and O–H groups in total. The van der Waals surface area contributed by atoms with Gasteiger partial charge >= 0.3 is 0 Å². The molecule has 1 heterocycles. The summed E-state index contributed by atoms with van der Waals surface area (Å²) in [4.78, 5) is 0. The topological polar surface area (TPSA) is 0 Å². The zero-order valence-corrected chi connectivity index (χ0v) is 7.73. The molecule has 0 fully saturated rings. The predicted octanol–water partition coefficient (Wildman–Crippen LogP) is 3.37. The highest BCUT2D eigenvalue weighted by atomic mass is 32.1. The van der Waals surface area contributed by atoms with E-state index in [1.165, 1.54) is 24.0 Å². The zero-order chi connectivity index (χ0) is 8.23. The van der Waals surface area contributed by atoms with Crippen molar-refractivity contribution in [2.75, 3.05) is 0 Å². The Kier molecular flexibility index (Phi) is 2.42. The maximum atomic E-state index is 3.26. The third-order valence-electron chi connectivity index (χ3n) is 2.04. The van der Waals surface area contributed by atoms with Gasteiger partial charge in [0.25, 0.3) is 0 Å². The summed E-state index contributed by atoms with van der Waals surface area (Å²) >= 11 is 1.66. The molecule has 0 nitrogen and oxygen atoms in total. The van der Waals surface area contributed by atoms with Gasteiger partial charge in [0.05, 0.1) is 0 Å². The monoisotopic (exact) mass is 175 g/mol. The predicted molar refractivity (Wildman–Crippen MR) is 53.3 cm³/mol. The molecule has 1 aromatic heterocycles. The highest BCUT2D eigenvalue weighted by molar-refractivity contribution is 7.07. The van der Waals surface area contributed by atoms with Crippen molar-refractivity contribution < 1.29 is 0 Å². The number of hydrogen-bond acceptors (Lipinski definition) is 1. The van der Waals surface area contributed by atoms with Gasteiger partial charge in [-0.05, 0) is 36.3 Å². The zero-order valence-electron chi connectivity index (χ0n) is 6.92. The quantitative estimate of drug-likeness (QED) is 0.646. The van der Waals surface area contributed by atoms with Crippen molar-refractivity contribution in [2.45, 2.75) is 19.3 Å². The molecule has 0 aliphatic heterocycles. The molecule has 0 saturated carbocycles. The fraction of sp³-hybridized carbons (Fsp3) is 0.273. The highest BCUT2D eigenvalue weighted by Crippen LogP contribution is 2.18. The summed E-state index contributed by atoms with van der Waals surface area (Å²) in [5.74, 6) is 0. The van der Waals surface area contributed by atoms with Crippen molar-refractivity contribution in [2.24, 2.45) is 0 Å². The molecule has 0 bridgehead atoms. The lowest BCUT2D eigenvalue weighted by Crippen LogP contribution is -1.91. The first-order valence-corrected chi connectivity index (χ1v) is 5.12. The van der Waals surface area contributed by atoms with Crippen molar-refractivity contribution >= 4 is 11.3 Å². The van der Waals surface area contributed by atoms with Crippen LogP contribution in [0.2, 0.25) is 0 Å². The Morgan fingerprint density at radius 3 is 3.17 bits per heavy atom. The second-order valence-electron chi connectivity index (χ2n) is 3.02. The van der Waals surface area contributed by atoms with Gasteiger partial charge in [-0.3, -0.25) is 0 Å². The van der Waals surface area contributed by atoms with Gasteiger partial charge in [0.15, 0.2) is 0 Å². The Hall–Kier alpha value is -0.820. The minimum absolute atomic E-state index is 1.09. The average molecular weight is 175 g/mol. The van der Waals surface area contributed by atoms with E-state index in [0.717, 1.165) is 6.42 Å². The van der Waals surface area contributed by atoms with Crippen LogP contribution in [0, 0.1) is 5.38 Å². The third kappa shape index (κ3) is 1.86. The summed E-state index contributed by atoms with van der Waals surface area (Å²) in [5.41, 5.74) is 2.87. The maximum absolute atomic E-state index is 3.26. The van der Waals surface area contributed by atoms with Gasteiger partial charge in [-0.1, -0.05) is 23.8 Å². The largest absolute Gasteiger partial charge is 0.143 e. The molecule has 0 saturated heterocycles. The Morgan fingerprint density at radius 1 is 1.50 bits per heavy atom. The van der Waals surface area contributed by atoms with Crippen LogP contribution < -0.4 is 0 Å². The first-order chi connectivity index (χ1) is 5.95. The van der Waals surface area contributed by atoms with Crippen LogP contribution in [0.4, 0.5) is 0 Å². The van der Waals surface area contributed by atoms with E-state index in [1.807, 2.05) is 0 Å². The summed E-state index contributed by atoms with van der Waals surface area (Å²) in [6, 6.07) is 2.16. The van der Waals surface area contributed by atoms with Crippen LogP contribution in [0.15, 0.2) is 35.2 Å². The number of rotatable bonds is 2. The molecule has 1 aliphatic rings. The van der Waals surface area contributed by atoms with Crippen LogP contribution in [-0.2, 0) is 6.42 Å². The summed E-state index contributed by atoms with van der Waals surface area (Å²) in [7, 11) is 0. The van der Waals surface area contributed by atoms with Crippen molar-refractivity contribution in [3.8, 4) is 0 Å². The molecule has 2 rings (SSSR count). The van der Waals surface area contributed by atoms with Gasteiger partial charge < -0.3 is 0 Å². The number of hydrogen-bond donors (Lipinski definition) is 0. The fourth-order valence-corrected chi connectivity index (χ4v) is 1.99. The van der Waals surface area contributed by atoms with E-state index in [1.54, 1.807) is 11.3 Å². The Bertz CT molecular complexity index is 291. The van der Waals surface area contributed by atoms with Crippen LogP contribution in [0.5, 0.6) is 0 Å². The second kappa shape index (κ2) is 3.72. The van der Waals surface area contributed by atoms with Crippen LogP contribution >= 0.6 is 11.3 Å². The molecular formula is C11H11S. The standard InChI is InChI=1S/C11H11S/c1-2-4-10(5-3-1)8-11-6-7-12-9-11/h1-2,4,6-7H,3,5,8H2. The maximum Gasteiger partial charge on any atom is 0.0480 e. The summed E-state index contributed by atoms with van der Waals surface area (Å²) < 4.78 is 0. The number of allylic oxidation sites excluding steroid dienone is 4. The molecule has 1 radical (unpaired) electrons. The van der Waals surface area contributed by atoms with Gasteiger partial charge in [0.1, 0.15) is 0 Å². The first kappa shape index (κ1) is 7.81. The molecule has 0 aromatic carbocycles. The molecule has 0 amide bonds. The van der Waals surface area contributed by atoms with Crippen LogP contribution in [0.3, 0.4) is 0 Å². The van der Waals surface area contributed by atoms with E-state index < -0.39 is 0 Å². The van der Waals surface area contributed by atoms with Crippen molar-refractivity contribution in [3.05, 3.63) is 46.2 Å². The van der Waals surface area contributed by atoms with Crippen LogP contribution in [0.25, 0.3) is 0 Å². The summed E-state index contributed by atoms with van der Waals surface area (Å²) in [6.07, 6.45) is 10.1. The van der Waals surface area contributed by atoms with E-state index in [-0.39, 0.29) is 0 Å². The van der Waals surface area contributed by atoms with Gasteiger partial charge in [0.2, 0.25) is 0 Å². The van der Waals surface area contributed by atoms with Crippen molar-refractivity contribution in [1.82, 2.24) is 0 Å². The minimum Gasteiger partial charge on any atom is -0.143 e.